The molecule has 3 aromatic rings. The number of piperidine rings is 1. The van der Waals surface area contributed by atoms with Crippen molar-refractivity contribution < 1.29 is 9.53 Å². The van der Waals surface area contributed by atoms with Gasteiger partial charge in [0.25, 0.3) is 0 Å². The average molecular weight is 552 g/mol. The van der Waals surface area contributed by atoms with Crippen molar-refractivity contribution in [2.45, 2.75) is 56.7 Å². The Hall–Kier alpha value is -4.24. The van der Waals surface area contributed by atoms with Crippen LogP contribution in [0.2, 0.25) is 0 Å². The Kier molecular flexibility index (Phi) is 7.95. The van der Waals surface area contributed by atoms with E-state index in [0.29, 0.717) is 29.2 Å². The number of carbonyl (C=O) groups excluding carboxylic acids is 1. The lowest BCUT2D eigenvalue weighted by molar-refractivity contribution is -0.127. The van der Waals surface area contributed by atoms with Crippen molar-refractivity contribution in [3.63, 3.8) is 0 Å². The van der Waals surface area contributed by atoms with E-state index in [1.165, 1.54) is 32.0 Å². The standard InChI is InChI=1S/C32H37N7O2/c33-30(22-10-16-27(17-11-22)41-26-7-2-1-3-8-26)29-31(34)35-21-36-32(29)37-23-6-4-18-38(20-23)28(40)9-5-19-39(24-12-13-24)25-14-15-25/h1-3,5,7-11,16-17,21,23-25,33H,4,6,12-15,18-20H2,(H3,34,35,36,37)/b9-5+,33-30?/t23-/m1/s1. The fraction of sp³-hybridized carbons (Fsp3) is 0.375. The molecule has 1 aliphatic heterocycles. The van der Waals surface area contributed by atoms with Gasteiger partial charge in [0.05, 0.1) is 11.3 Å². The zero-order chi connectivity index (χ0) is 28.2. The largest absolute Gasteiger partial charge is 0.457 e. The molecule has 2 saturated carbocycles. The van der Waals surface area contributed by atoms with E-state index in [1.807, 2.05) is 65.6 Å². The Labute approximate surface area is 240 Å². The van der Waals surface area contributed by atoms with Crippen LogP contribution in [0.15, 0.2) is 73.1 Å². The Morgan fingerprint density at radius 1 is 1.02 bits per heavy atom. The fourth-order valence-corrected chi connectivity index (χ4v) is 5.49. The highest BCUT2D eigenvalue weighted by atomic mass is 16.5. The molecule has 9 heteroatoms. The first-order valence-corrected chi connectivity index (χ1v) is 14.6. The normalized spacial score (nSPS) is 19.0. The van der Waals surface area contributed by atoms with Crippen LogP contribution in [0.25, 0.3) is 0 Å². The molecule has 6 rings (SSSR count). The molecular formula is C32H37N7O2. The number of anilines is 2. The number of likely N-dealkylation sites (tertiary alicyclic amines) is 1. The number of nitrogens with two attached hydrogens (primary N) is 1. The first-order valence-electron chi connectivity index (χ1n) is 14.6. The van der Waals surface area contributed by atoms with Crippen molar-refractivity contribution >= 4 is 23.3 Å². The van der Waals surface area contributed by atoms with Gasteiger partial charge >= 0.3 is 0 Å². The number of amides is 1. The number of hydrogen-bond donors (Lipinski definition) is 3. The number of nitrogens with one attached hydrogen (secondary N) is 2. The number of ether oxygens (including phenoxy) is 1. The molecule has 0 bridgehead atoms. The third-order valence-corrected chi connectivity index (χ3v) is 7.93. The monoisotopic (exact) mass is 551 g/mol. The second-order valence-electron chi connectivity index (χ2n) is 11.1. The van der Waals surface area contributed by atoms with Crippen LogP contribution in [0.1, 0.15) is 49.7 Å². The molecule has 0 unspecified atom stereocenters. The van der Waals surface area contributed by atoms with Crippen LogP contribution < -0.4 is 15.8 Å². The number of nitrogens with zero attached hydrogens (tertiary/aromatic N) is 4. The Morgan fingerprint density at radius 2 is 1.73 bits per heavy atom. The molecule has 1 aromatic heterocycles. The third kappa shape index (κ3) is 6.74. The second-order valence-corrected chi connectivity index (χ2v) is 11.1. The third-order valence-electron chi connectivity index (χ3n) is 7.93. The quantitative estimate of drug-likeness (QED) is 0.230. The highest BCUT2D eigenvalue weighted by Crippen LogP contribution is 2.37. The van der Waals surface area contributed by atoms with Gasteiger partial charge in [-0.2, -0.15) is 0 Å². The highest BCUT2D eigenvalue weighted by molar-refractivity contribution is 6.16. The molecular weight excluding hydrogens is 514 g/mol. The van der Waals surface area contributed by atoms with Gasteiger partial charge in [-0.15, -0.1) is 0 Å². The summed E-state index contributed by atoms with van der Waals surface area (Å²) in [7, 11) is 0. The molecule has 4 N–H and O–H groups in total. The van der Waals surface area contributed by atoms with Crippen LogP contribution in [0, 0.1) is 5.41 Å². The maximum Gasteiger partial charge on any atom is 0.246 e. The SMILES string of the molecule is N=C(c1ccc(Oc2ccccc2)cc1)c1c(N)ncnc1N[C@@H]1CCCN(C(=O)/C=C/CN(C2CC2)C2CC2)C1. The van der Waals surface area contributed by atoms with E-state index >= 15 is 0 Å². The molecule has 1 atom stereocenters. The van der Waals surface area contributed by atoms with Gasteiger partial charge in [0.15, 0.2) is 0 Å². The van der Waals surface area contributed by atoms with Gasteiger partial charge in [0, 0.05) is 49.4 Å². The highest BCUT2D eigenvalue weighted by Gasteiger charge is 2.38. The van der Waals surface area contributed by atoms with Gasteiger partial charge in [0.2, 0.25) is 5.91 Å². The van der Waals surface area contributed by atoms with Crippen molar-refractivity contribution in [1.82, 2.24) is 19.8 Å². The topological polar surface area (TPSA) is 120 Å². The predicted octanol–water partition coefficient (Wildman–Crippen LogP) is 4.85. The minimum Gasteiger partial charge on any atom is -0.457 e. The lowest BCUT2D eigenvalue weighted by Crippen LogP contribution is -2.45. The van der Waals surface area contributed by atoms with Gasteiger partial charge in [-0.1, -0.05) is 24.3 Å². The van der Waals surface area contributed by atoms with Crippen molar-refractivity contribution in [2.75, 3.05) is 30.7 Å². The summed E-state index contributed by atoms with van der Waals surface area (Å²) in [5, 5.41) is 12.4. The number of nitrogen functional groups attached to an aromatic ring is 1. The van der Waals surface area contributed by atoms with E-state index in [2.05, 4.69) is 20.2 Å². The Bertz CT molecular complexity index is 1390. The first-order chi connectivity index (χ1) is 20.0. The number of benzene rings is 2. The van der Waals surface area contributed by atoms with Gasteiger partial charge in [-0.3, -0.25) is 15.1 Å². The fourth-order valence-electron chi connectivity index (χ4n) is 5.49. The van der Waals surface area contributed by atoms with E-state index in [9.17, 15) is 4.79 Å². The smallest absolute Gasteiger partial charge is 0.246 e. The molecule has 212 valence electrons. The lowest BCUT2D eigenvalue weighted by atomic mass is 10.0. The van der Waals surface area contributed by atoms with Crippen molar-refractivity contribution in [1.29, 1.82) is 5.41 Å². The van der Waals surface area contributed by atoms with E-state index < -0.39 is 0 Å². The molecule has 3 aliphatic rings. The number of para-hydroxylation sites is 1. The second kappa shape index (κ2) is 12.1. The molecule has 3 fully saturated rings. The van der Waals surface area contributed by atoms with E-state index in [1.54, 1.807) is 6.08 Å². The number of hydrogen-bond acceptors (Lipinski definition) is 8. The van der Waals surface area contributed by atoms with E-state index in [0.717, 1.165) is 43.8 Å². The maximum absolute atomic E-state index is 13.0. The average Bonchev–Trinajstić information content (AvgIpc) is 3.92. The number of carbonyl (C=O) groups is 1. The molecule has 1 amide bonds. The molecule has 2 aliphatic carbocycles. The molecule has 2 aromatic carbocycles. The van der Waals surface area contributed by atoms with Crippen LogP contribution in [-0.4, -0.2) is 69.1 Å². The summed E-state index contributed by atoms with van der Waals surface area (Å²) >= 11 is 0. The van der Waals surface area contributed by atoms with Gasteiger partial charge in [-0.25, -0.2) is 9.97 Å². The molecule has 1 saturated heterocycles. The van der Waals surface area contributed by atoms with Crippen LogP contribution >= 0.6 is 0 Å². The molecule has 0 spiro atoms. The van der Waals surface area contributed by atoms with Gasteiger partial charge in [0.1, 0.15) is 29.5 Å². The van der Waals surface area contributed by atoms with Crippen LogP contribution in [0.3, 0.4) is 0 Å². The van der Waals surface area contributed by atoms with Crippen molar-refractivity contribution in [3.8, 4) is 11.5 Å². The lowest BCUT2D eigenvalue weighted by Gasteiger charge is -2.33. The summed E-state index contributed by atoms with van der Waals surface area (Å²) in [6.07, 6.45) is 12.1. The van der Waals surface area contributed by atoms with Crippen LogP contribution in [-0.2, 0) is 4.79 Å². The summed E-state index contributed by atoms with van der Waals surface area (Å²) in [4.78, 5) is 26.1. The minimum atomic E-state index is -0.00183. The Morgan fingerprint density at radius 3 is 2.44 bits per heavy atom. The summed E-state index contributed by atoms with van der Waals surface area (Å²) in [6, 6.07) is 18.3. The summed E-state index contributed by atoms with van der Waals surface area (Å²) in [5.74, 6) is 2.22. The molecule has 41 heavy (non-hydrogen) atoms. The van der Waals surface area contributed by atoms with E-state index in [4.69, 9.17) is 15.9 Å². The van der Waals surface area contributed by atoms with Crippen molar-refractivity contribution in [2.24, 2.45) is 0 Å². The summed E-state index contributed by atoms with van der Waals surface area (Å²) in [5.41, 5.74) is 7.62. The van der Waals surface area contributed by atoms with Gasteiger partial charge in [-0.05, 0) is 74.9 Å². The predicted molar refractivity (Wildman–Crippen MR) is 160 cm³/mol. The minimum absolute atomic E-state index is 0.00183. The first kappa shape index (κ1) is 27.0. The summed E-state index contributed by atoms with van der Waals surface area (Å²) < 4.78 is 5.89. The van der Waals surface area contributed by atoms with Crippen molar-refractivity contribution in [3.05, 3.63) is 84.2 Å². The number of rotatable bonds is 11. The van der Waals surface area contributed by atoms with Gasteiger partial charge < -0.3 is 20.7 Å². The molecule has 9 nitrogen and oxygen atoms in total. The maximum atomic E-state index is 13.0. The molecule has 0 radical (unpaired) electrons. The Balaban J connectivity index is 1.09. The summed E-state index contributed by atoms with van der Waals surface area (Å²) in [6.45, 7) is 2.17. The van der Waals surface area contributed by atoms with Crippen LogP contribution in [0.5, 0.6) is 11.5 Å². The molecule has 2 heterocycles. The zero-order valence-electron chi connectivity index (χ0n) is 23.2. The van der Waals surface area contributed by atoms with E-state index in [-0.39, 0.29) is 23.5 Å². The number of aromatic nitrogens is 2. The zero-order valence-corrected chi connectivity index (χ0v) is 23.2. The van der Waals surface area contributed by atoms with Crippen LogP contribution in [0.4, 0.5) is 11.6 Å².